The number of amides is 1. The first-order valence-electron chi connectivity index (χ1n) is 6.78. The lowest BCUT2D eigenvalue weighted by molar-refractivity contribution is -0.130. The molecule has 2 aromatic carbocycles. The van der Waals surface area contributed by atoms with Gasteiger partial charge in [-0.2, -0.15) is 0 Å². The first-order valence-corrected chi connectivity index (χ1v) is 7.16. The van der Waals surface area contributed by atoms with Crippen molar-refractivity contribution in [2.45, 2.75) is 19.4 Å². The molecule has 0 spiro atoms. The Balaban J connectivity index is 1.88. The summed E-state index contributed by atoms with van der Waals surface area (Å²) >= 11 is 5.82. The number of hydrogen-bond acceptors (Lipinski definition) is 1. The van der Waals surface area contributed by atoms with Crippen molar-refractivity contribution in [3.63, 3.8) is 0 Å². The molecule has 0 aromatic heterocycles. The average molecular weight is 306 g/mol. The summed E-state index contributed by atoms with van der Waals surface area (Å²) in [6, 6.07) is 13.9. The summed E-state index contributed by atoms with van der Waals surface area (Å²) in [6.07, 6.45) is 1.05. The Hall–Kier alpha value is -1.87. The molecule has 0 heterocycles. The summed E-state index contributed by atoms with van der Waals surface area (Å²) in [5, 5.41) is 0.682. The van der Waals surface area contributed by atoms with Crippen LogP contribution in [0.1, 0.15) is 17.5 Å². The van der Waals surface area contributed by atoms with Crippen LogP contribution >= 0.6 is 11.6 Å². The summed E-state index contributed by atoms with van der Waals surface area (Å²) < 4.78 is 13.6. The zero-order valence-electron chi connectivity index (χ0n) is 11.9. The molecule has 0 aliphatic rings. The second-order valence-electron chi connectivity index (χ2n) is 4.97. The minimum atomic E-state index is -0.283. The third-order valence-corrected chi connectivity index (χ3v) is 3.58. The van der Waals surface area contributed by atoms with Gasteiger partial charge in [0, 0.05) is 30.6 Å². The fraction of sp³-hybridized carbons (Fsp3) is 0.235. The van der Waals surface area contributed by atoms with E-state index in [2.05, 4.69) is 0 Å². The van der Waals surface area contributed by atoms with Crippen LogP contribution in [0, 0.1) is 5.82 Å². The molecule has 0 atom stereocenters. The molecular weight excluding hydrogens is 289 g/mol. The highest BCUT2D eigenvalue weighted by Crippen LogP contribution is 2.13. The summed E-state index contributed by atoms with van der Waals surface area (Å²) in [6.45, 7) is 0.284. The van der Waals surface area contributed by atoms with Crippen LogP contribution < -0.4 is 0 Å². The van der Waals surface area contributed by atoms with Crippen molar-refractivity contribution in [3.05, 3.63) is 70.5 Å². The second-order valence-corrected chi connectivity index (χ2v) is 5.40. The van der Waals surface area contributed by atoms with Gasteiger partial charge in [-0.3, -0.25) is 4.79 Å². The van der Waals surface area contributed by atoms with E-state index >= 15 is 0 Å². The molecule has 2 aromatic rings. The predicted molar refractivity (Wildman–Crippen MR) is 82.6 cm³/mol. The van der Waals surface area contributed by atoms with Crippen molar-refractivity contribution >= 4 is 17.5 Å². The van der Waals surface area contributed by atoms with E-state index in [1.54, 1.807) is 30.1 Å². The van der Waals surface area contributed by atoms with Crippen LogP contribution in [0.3, 0.4) is 0 Å². The Bertz CT molecular complexity index is 612. The molecule has 0 aliphatic carbocycles. The van der Waals surface area contributed by atoms with Crippen molar-refractivity contribution in [2.75, 3.05) is 7.05 Å². The molecule has 0 N–H and O–H groups in total. The Morgan fingerprint density at radius 1 is 1.14 bits per heavy atom. The Labute approximate surface area is 129 Å². The van der Waals surface area contributed by atoms with Crippen LogP contribution in [-0.4, -0.2) is 17.9 Å². The van der Waals surface area contributed by atoms with Crippen LogP contribution in [0.15, 0.2) is 48.5 Å². The quantitative estimate of drug-likeness (QED) is 0.815. The normalized spacial score (nSPS) is 10.4. The van der Waals surface area contributed by atoms with E-state index in [-0.39, 0.29) is 18.3 Å². The molecule has 0 radical (unpaired) electrons. The maximum atomic E-state index is 13.6. The van der Waals surface area contributed by atoms with Crippen molar-refractivity contribution in [2.24, 2.45) is 0 Å². The fourth-order valence-electron chi connectivity index (χ4n) is 2.06. The summed E-state index contributed by atoms with van der Waals surface area (Å²) in [5.41, 5.74) is 1.59. The summed E-state index contributed by atoms with van der Waals surface area (Å²) in [5.74, 6) is -0.289. The van der Waals surface area contributed by atoms with Gasteiger partial charge in [-0.05, 0) is 30.2 Å². The molecule has 2 nitrogen and oxygen atoms in total. The topological polar surface area (TPSA) is 20.3 Å². The monoisotopic (exact) mass is 305 g/mol. The average Bonchev–Trinajstić information content (AvgIpc) is 2.48. The van der Waals surface area contributed by atoms with Gasteiger partial charge in [0.05, 0.1) is 0 Å². The highest BCUT2D eigenvalue weighted by molar-refractivity contribution is 6.30. The minimum absolute atomic E-state index is 0.00629. The van der Waals surface area contributed by atoms with Crippen molar-refractivity contribution in [1.29, 1.82) is 0 Å². The third kappa shape index (κ3) is 4.57. The molecule has 110 valence electrons. The van der Waals surface area contributed by atoms with Gasteiger partial charge in [-0.1, -0.05) is 41.9 Å². The molecule has 21 heavy (non-hydrogen) atoms. The van der Waals surface area contributed by atoms with E-state index in [1.165, 1.54) is 6.07 Å². The van der Waals surface area contributed by atoms with E-state index in [0.29, 0.717) is 23.4 Å². The van der Waals surface area contributed by atoms with Crippen molar-refractivity contribution < 1.29 is 9.18 Å². The molecule has 1 amide bonds. The van der Waals surface area contributed by atoms with Crippen molar-refractivity contribution in [3.8, 4) is 0 Å². The highest BCUT2D eigenvalue weighted by Gasteiger charge is 2.11. The zero-order valence-corrected chi connectivity index (χ0v) is 12.6. The van der Waals surface area contributed by atoms with Gasteiger partial charge in [-0.25, -0.2) is 4.39 Å². The lowest BCUT2D eigenvalue weighted by atomic mass is 10.1. The molecule has 0 unspecified atom stereocenters. The molecule has 0 fully saturated rings. The number of rotatable bonds is 5. The predicted octanol–water partition coefficient (Wildman–Crippen LogP) is 4.07. The molecular formula is C17H17ClFNO. The smallest absolute Gasteiger partial charge is 0.222 e. The number of carbonyl (C=O) groups excluding carboxylic acids is 1. The fourth-order valence-corrected chi connectivity index (χ4v) is 2.19. The maximum Gasteiger partial charge on any atom is 0.222 e. The first-order chi connectivity index (χ1) is 10.1. The minimum Gasteiger partial charge on any atom is -0.341 e. The Morgan fingerprint density at radius 2 is 1.81 bits per heavy atom. The number of nitrogens with zero attached hydrogens (tertiary/aromatic N) is 1. The van der Waals surface area contributed by atoms with Crippen LogP contribution in [0.5, 0.6) is 0 Å². The van der Waals surface area contributed by atoms with Crippen LogP contribution in [0.25, 0.3) is 0 Å². The van der Waals surface area contributed by atoms with E-state index in [1.807, 2.05) is 24.3 Å². The Kier molecular flexibility index (Phi) is 5.34. The van der Waals surface area contributed by atoms with Gasteiger partial charge < -0.3 is 4.90 Å². The van der Waals surface area contributed by atoms with Gasteiger partial charge in [0.1, 0.15) is 5.82 Å². The third-order valence-electron chi connectivity index (χ3n) is 3.33. The number of carbonyl (C=O) groups is 1. The maximum absolute atomic E-state index is 13.6. The number of aryl methyl sites for hydroxylation is 1. The standard InChI is InChI=1S/C17H17ClFNO/c1-20(12-14-4-2-3-5-16(14)19)17(21)11-8-13-6-9-15(18)10-7-13/h2-7,9-10H,8,11-12H2,1H3. The van der Waals surface area contributed by atoms with E-state index < -0.39 is 0 Å². The van der Waals surface area contributed by atoms with Crippen molar-refractivity contribution in [1.82, 2.24) is 4.90 Å². The number of benzene rings is 2. The van der Waals surface area contributed by atoms with Crippen LogP contribution in [0.2, 0.25) is 5.02 Å². The lowest BCUT2D eigenvalue weighted by Crippen LogP contribution is -2.26. The lowest BCUT2D eigenvalue weighted by Gasteiger charge is -2.17. The van der Waals surface area contributed by atoms with E-state index in [9.17, 15) is 9.18 Å². The summed E-state index contributed by atoms with van der Waals surface area (Å²) in [4.78, 5) is 13.6. The van der Waals surface area contributed by atoms with Gasteiger partial charge in [0.25, 0.3) is 0 Å². The number of halogens is 2. The SMILES string of the molecule is CN(Cc1ccccc1F)C(=O)CCc1ccc(Cl)cc1. The molecule has 0 saturated heterocycles. The van der Waals surface area contributed by atoms with Crippen LogP contribution in [-0.2, 0) is 17.8 Å². The highest BCUT2D eigenvalue weighted by atomic mass is 35.5. The van der Waals surface area contributed by atoms with Gasteiger partial charge in [0.2, 0.25) is 5.91 Å². The first kappa shape index (κ1) is 15.5. The molecule has 2 rings (SSSR count). The van der Waals surface area contributed by atoms with Crippen LogP contribution in [0.4, 0.5) is 4.39 Å². The van der Waals surface area contributed by atoms with Gasteiger partial charge in [-0.15, -0.1) is 0 Å². The van der Waals surface area contributed by atoms with E-state index in [4.69, 9.17) is 11.6 Å². The summed E-state index contributed by atoms with van der Waals surface area (Å²) in [7, 11) is 1.69. The molecule has 0 aliphatic heterocycles. The number of hydrogen-bond donors (Lipinski definition) is 0. The molecule has 4 heteroatoms. The van der Waals surface area contributed by atoms with Gasteiger partial charge in [0.15, 0.2) is 0 Å². The Morgan fingerprint density at radius 3 is 2.48 bits per heavy atom. The second kappa shape index (κ2) is 7.23. The molecule has 0 bridgehead atoms. The van der Waals surface area contributed by atoms with Gasteiger partial charge >= 0.3 is 0 Å². The molecule has 0 saturated carbocycles. The largest absolute Gasteiger partial charge is 0.341 e. The zero-order chi connectivity index (χ0) is 15.2. The van der Waals surface area contributed by atoms with E-state index in [0.717, 1.165) is 5.56 Å².